The zero-order valence-corrected chi connectivity index (χ0v) is 12.1. The first-order valence-electron chi connectivity index (χ1n) is 6.00. The normalized spacial score (nSPS) is 11.6. The van der Waals surface area contributed by atoms with Gasteiger partial charge in [0.05, 0.1) is 6.54 Å². The highest BCUT2D eigenvalue weighted by Crippen LogP contribution is 2.09. The molecule has 0 spiro atoms. The Bertz CT molecular complexity index is 373. The van der Waals surface area contributed by atoms with E-state index in [9.17, 15) is 4.79 Å². The molecular weight excluding hydrogens is 246 g/mol. The molecular formula is C14H21NO2S. The molecule has 0 aliphatic heterocycles. The second kappa shape index (κ2) is 6.81. The second-order valence-electron chi connectivity index (χ2n) is 5.20. The average Bonchev–Trinajstić information content (AvgIpc) is 2.27. The largest absolute Gasteiger partial charge is 0.459 e. The zero-order valence-electron chi connectivity index (χ0n) is 11.2. The minimum atomic E-state index is -0.438. The lowest BCUT2D eigenvalue weighted by Crippen LogP contribution is -2.34. The summed E-state index contributed by atoms with van der Waals surface area (Å²) in [5.41, 5.74) is 0.724. The minimum Gasteiger partial charge on any atom is -0.459 e. The topological polar surface area (TPSA) is 29.5 Å². The average molecular weight is 267 g/mol. The van der Waals surface area contributed by atoms with E-state index >= 15 is 0 Å². The van der Waals surface area contributed by atoms with Crippen LogP contribution in [0.4, 0.5) is 0 Å². The second-order valence-corrected chi connectivity index (χ2v) is 5.48. The maximum atomic E-state index is 11.7. The van der Waals surface area contributed by atoms with E-state index in [2.05, 4.69) is 12.6 Å². The van der Waals surface area contributed by atoms with Gasteiger partial charge in [-0.1, -0.05) is 30.3 Å². The first kappa shape index (κ1) is 15.1. The molecule has 1 aromatic carbocycles. The first-order valence-corrected chi connectivity index (χ1v) is 6.63. The van der Waals surface area contributed by atoms with Gasteiger partial charge >= 0.3 is 5.97 Å². The van der Waals surface area contributed by atoms with Crippen LogP contribution in [0.15, 0.2) is 30.3 Å². The van der Waals surface area contributed by atoms with E-state index in [4.69, 9.17) is 4.74 Å². The number of ether oxygens (including phenoxy) is 1. The number of benzene rings is 1. The van der Waals surface area contributed by atoms with Gasteiger partial charge in [0.2, 0.25) is 0 Å². The Labute approximate surface area is 115 Å². The summed E-state index contributed by atoms with van der Waals surface area (Å²) in [5, 5.41) is 0. The van der Waals surface area contributed by atoms with Crippen LogP contribution in [0.1, 0.15) is 26.3 Å². The highest BCUT2D eigenvalue weighted by Gasteiger charge is 2.18. The maximum absolute atomic E-state index is 11.7. The van der Waals surface area contributed by atoms with E-state index in [0.29, 0.717) is 12.4 Å². The zero-order chi connectivity index (χ0) is 13.6. The Morgan fingerprint density at radius 1 is 1.28 bits per heavy atom. The lowest BCUT2D eigenvalue weighted by molar-refractivity contribution is -0.156. The van der Waals surface area contributed by atoms with Gasteiger partial charge in [0.25, 0.3) is 0 Å². The maximum Gasteiger partial charge on any atom is 0.320 e. The summed E-state index contributed by atoms with van der Waals surface area (Å²) >= 11 is 4.25. The molecule has 0 saturated heterocycles. The third-order valence-electron chi connectivity index (χ3n) is 2.22. The molecule has 0 atom stereocenters. The number of hydrogen-bond acceptors (Lipinski definition) is 4. The van der Waals surface area contributed by atoms with Crippen molar-refractivity contribution in [3.05, 3.63) is 35.9 Å². The van der Waals surface area contributed by atoms with E-state index in [-0.39, 0.29) is 12.5 Å². The van der Waals surface area contributed by atoms with Gasteiger partial charge in [0, 0.05) is 12.4 Å². The number of esters is 1. The van der Waals surface area contributed by atoms with Crippen LogP contribution in [0.5, 0.6) is 0 Å². The number of carbonyl (C=O) groups excluding carboxylic acids is 1. The predicted octanol–water partition coefficient (Wildman–Crippen LogP) is 2.72. The van der Waals surface area contributed by atoms with Crippen LogP contribution in [0.3, 0.4) is 0 Å². The Morgan fingerprint density at radius 2 is 1.89 bits per heavy atom. The molecule has 0 unspecified atom stereocenters. The summed E-state index contributed by atoms with van der Waals surface area (Å²) in [5.74, 6) is 0.307. The van der Waals surface area contributed by atoms with Crippen LogP contribution in [-0.4, -0.2) is 28.9 Å². The number of hydrogen-bond donors (Lipinski definition) is 1. The number of thiol groups is 1. The van der Waals surface area contributed by atoms with Crippen LogP contribution in [0.25, 0.3) is 0 Å². The standard InChI is InChI=1S/C14H21NO2S/c1-14(2,3)17-13(16)10-15(11-18)9-12-7-5-4-6-8-12/h4-8,18H,9-11H2,1-3H3. The van der Waals surface area contributed by atoms with Gasteiger partial charge in [-0.2, -0.15) is 12.6 Å². The molecule has 0 aliphatic rings. The highest BCUT2D eigenvalue weighted by atomic mass is 32.1. The van der Waals surface area contributed by atoms with E-state index in [1.165, 1.54) is 0 Å². The molecule has 0 fully saturated rings. The van der Waals surface area contributed by atoms with Crippen molar-refractivity contribution in [1.82, 2.24) is 4.90 Å². The van der Waals surface area contributed by atoms with E-state index in [1.807, 2.05) is 56.0 Å². The molecule has 4 heteroatoms. The minimum absolute atomic E-state index is 0.215. The van der Waals surface area contributed by atoms with Gasteiger partial charge in [-0.25, -0.2) is 0 Å². The van der Waals surface area contributed by atoms with Crippen molar-refractivity contribution in [3.63, 3.8) is 0 Å². The fourth-order valence-electron chi connectivity index (χ4n) is 1.55. The van der Waals surface area contributed by atoms with E-state index in [1.54, 1.807) is 0 Å². The molecule has 1 aromatic rings. The molecule has 0 radical (unpaired) electrons. The van der Waals surface area contributed by atoms with E-state index in [0.717, 1.165) is 5.56 Å². The SMILES string of the molecule is CC(C)(C)OC(=O)CN(CS)Cc1ccccc1. The van der Waals surface area contributed by atoms with Crippen molar-refractivity contribution >= 4 is 18.6 Å². The Kier molecular flexibility index (Phi) is 5.69. The third-order valence-corrected chi connectivity index (χ3v) is 2.62. The van der Waals surface area contributed by atoms with Crippen LogP contribution in [0.2, 0.25) is 0 Å². The summed E-state index contributed by atoms with van der Waals surface area (Å²) in [6, 6.07) is 10.0. The molecule has 100 valence electrons. The van der Waals surface area contributed by atoms with Crippen LogP contribution in [-0.2, 0) is 16.1 Å². The van der Waals surface area contributed by atoms with Gasteiger partial charge in [-0.3, -0.25) is 9.69 Å². The molecule has 0 aliphatic carbocycles. The van der Waals surface area contributed by atoms with Crippen LogP contribution < -0.4 is 0 Å². The smallest absolute Gasteiger partial charge is 0.320 e. The van der Waals surface area contributed by atoms with Gasteiger partial charge < -0.3 is 4.74 Å². The Hall–Kier alpha value is -1.00. The number of carbonyl (C=O) groups is 1. The summed E-state index contributed by atoms with van der Waals surface area (Å²) in [4.78, 5) is 13.7. The van der Waals surface area contributed by atoms with Crippen molar-refractivity contribution < 1.29 is 9.53 Å². The number of rotatable bonds is 5. The molecule has 0 amide bonds. The lowest BCUT2D eigenvalue weighted by Gasteiger charge is -2.23. The first-order chi connectivity index (χ1) is 8.40. The Morgan fingerprint density at radius 3 is 2.39 bits per heavy atom. The quantitative estimate of drug-likeness (QED) is 0.505. The lowest BCUT2D eigenvalue weighted by atomic mass is 10.2. The molecule has 3 nitrogen and oxygen atoms in total. The van der Waals surface area contributed by atoms with Gasteiger partial charge in [0.15, 0.2) is 0 Å². The van der Waals surface area contributed by atoms with Crippen molar-refractivity contribution in [2.75, 3.05) is 12.4 Å². The van der Waals surface area contributed by atoms with Crippen molar-refractivity contribution in [1.29, 1.82) is 0 Å². The molecule has 18 heavy (non-hydrogen) atoms. The molecule has 1 rings (SSSR count). The van der Waals surface area contributed by atoms with E-state index < -0.39 is 5.60 Å². The van der Waals surface area contributed by atoms with Crippen LogP contribution >= 0.6 is 12.6 Å². The van der Waals surface area contributed by atoms with Crippen molar-refractivity contribution in [2.45, 2.75) is 32.9 Å². The molecule has 0 heterocycles. The molecule has 0 saturated carbocycles. The Balaban J connectivity index is 2.50. The van der Waals surface area contributed by atoms with Gasteiger partial charge in [0.1, 0.15) is 5.60 Å². The highest BCUT2D eigenvalue weighted by molar-refractivity contribution is 7.80. The summed E-state index contributed by atoms with van der Waals surface area (Å²) < 4.78 is 5.29. The monoisotopic (exact) mass is 267 g/mol. The predicted molar refractivity (Wildman–Crippen MR) is 76.6 cm³/mol. The van der Waals surface area contributed by atoms with Crippen molar-refractivity contribution in [2.24, 2.45) is 0 Å². The fourth-order valence-corrected chi connectivity index (χ4v) is 1.75. The fraction of sp³-hybridized carbons (Fsp3) is 0.500. The van der Waals surface area contributed by atoms with Gasteiger partial charge in [-0.15, -0.1) is 0 Å². The number of nitrogens with zero attached hydrogens (tertiary/aromatic N) is 1. The molecule has 0 N–H and O–H groups in total. The molecule has 0 aromatic heterocycles. The summed E-state index contributed by atoms with van der Waals surface area (Å²) in [6.07, 6.45) is 0. The summed E-state index contributed by atoms with van der Waals surface area (Å²) in [6.45, 7) is 6.56. The third kappa shape index (κ3) is 6.07. The van der Waals surface area contributed by atoms with Crippen molar-refractivity contribution in [3.8, 4) is 0 Å². The summed E-state index contributed by atoms with van der Waals surface area (Å²) in [7, 11) is 0. The van der Waals surface area contributed by atoms with Gasteiger partial charge in [-0.05, 0) is 26.3 Å². The molecule has 0 bridgehead atoms. The van der Waals surface area contributed by atoms with Crippen LogP contribution in [0, 0.1) is 0 Å².